The zero-order valence-electron chi connectivity index (χ0n) is 11.9. The maximum absolute atomic E-state index is 12.3. The molecule has 21 heavy (non-hydrogen) atoms. The topological polar surface area (TPSA) is 81.3 Å². The zero-order valence-corrected chi connectivity index (χ0v) is 11.9. The minimum Gasteiger partial charge on any atom is -0.336 e. The lowest BCUT2D eigenvalue weighted by Gasteiger charge is -2.15. The number of carbonyl (C=O) groups excluding carboxylic acids is 1. The van der Waals surface area contributed by atoms with Crippen LogP contribution in [0.3, 0.4) is 0 Å². The molecule has 2 rings (SSSR count). The van der Waals surface area contributed by atoms with Gasteiger partial charge in [0.1, 0.15) is 0 Å². The molecule has 0 aliphatic heterocycles. The van der Waals surface area contributed by atoms with Crippen LogP contribution in [-0.2, 0) is 13.1 Å². The van der Waals surface area contributed by atoms with Crippen molar-refractivity contribution in [1.82, 2.24) is 14.7 Å². The number of hydrogen-bond acceptors (Lipinski definition) is 4. The second-order valence-electron chi connectivity index (χ2n) is 4.63. The van der Waals surface area contributed by atoms with E-state index in [1.165, 1.54) is 23.1 Å². The van der Waals surface area contributed by atoms with Gasteiger partial charge in [-0.15, -0.1) is 0 Å². The molecular weight excluding hydrogens is 272 g/mol. The molecule has 0 saturated carbocycles. The van der Waals surface area contributed by atoms with E-state index in [0.29, 0.717) is 12.1 Å². The molecular formula is C14H16N4O3. The number of amides is 1. The summed E-state index contributed by atoms with van der Waals surface area (Å²) in [5.74, 6) is -0.273. The van der Waals surface area contributed by atoms with E-state index in [0.717, 1.165) is 12.2 Å². The fraction of sp³-hybridized carbons (Fsp3) is 0.286. The Hall–Kier alpha value is -2.70. The number of benzene rings is 1. The number of aromatic nitrogens is 2. The van der Waals surface area contributed by atoms with E-state index < -0.39 is 4.92 Å². The third-order valence-corrected chi connectivity index (χ3v) is 3.07. The largest absolute Gasteiger partial charge is 0.336 e. The third kappa shape index (κ3) is 3.44. The first-order valence-electron chi connectivity index (χ1n) is 6.53. The van der Waals surface area contributed by atoms with Gasteiger partial charge in [0.05, 0.1) is 17.2 Å². The lowest BCUT2D eigenvalue weighted by molar-refractivity contribution is -0.384. The second-order valence-corrected chi connectivity index (χ2v) is 4.63. The van der Waals surface area contributed by atoms with Crippen LogP contribution >= 0.6 is 0 Å². The zero-order chi connectivity index (χ0) is 15.4. The second kappa shape index (κ2) is 6.17. The molecule has 7 nitrogen and oxygen atoms in total. The van der Waals surface area contributed by atoms with Gasteiger partial charge >= 0.3 is 0 Å². The molecule has 1 aromatic carbocycles. The van der Waals surface area contributed by atoms with Crippen molar-refractivity contribution in [2.45, 2.75) is 20.0 Å². The highest BCUT2D eigenvalue weighted by Crippen LogP contribution is 2.15. The van der Waals surface area contributed by atoms with Crippen LogP contribution in [0.2, 0.25) is 0 Å². The van der Waals surface area contributed by atoms with Crippen molar-refractivity contribution >= 4 is 11.6 Å². The van der Waals surface area contributed by atoms with Crippen LogP contribution in [-0.4, -0.2) is 32.6 Å². The van der Waals surface area contributed by atoms with Crippen molar-refractivity contribution in [1.29, 1.82) is 0 Å². The van der Waals surface area contributed by atoms with Gasteiger partial charge in [0.2, 0.25) is 0 Å². The van der Waals surface area contributed by atoms with Gasteiger partial charge in [0.25, 0.3) is 11.6 Å². The fourth-order valence-corrected chi connectivity index (χ4v) is 1.95. The molecule has 1 aromatic heterocycles. The Morgan fingerprint density at radius 1 is 1.43 bits per heavy atom. The summed E-state index contributed by atoms with van der Waals surface area (Å²) in [5, 5.41) is 15.0. The lowest BCUT2D eigenvalue weighted by Crippen LogP contribution is -2.26. The van der Waals surface area contributed by atoms with E-state index in [9.17, 15) is 14.9 Å². The summed E-state index contributed by atoms with van der Waals surface area (Å²) >= 11 is 0. The van der Waals surface area contributed by atoms with E-state index in [1.807, 2.05) is 19.2 Å². The molecule has 0 atom stereocenters. The van der Waals surface area contributed by atoms with Crippen molar-refractivity contribution in [2.24, 2.45) is 0 Å². The number of rotatable bonds is 5. The number of non-ortho nitro benzene ring substituents is 1. The van der Waals surface area contributed by atoms with Gasteiger partial charge in [-0.2, -0.15) is 5.10 Å². The monoisotopic (exact) mass is 288 g/mol. The highest BCUT2D eigenvalue weighted by molar-refractivity contribution is 5.94. The predicted octanol–water partition coefficient (Wildman–Crippen LogP) is 2.08. The Labute approximate surface area is 121 Å². The molecule has 1 heterocycles. The standard InChI is InChI=1S/C14H16N4O3/c1-3-17-8-7-12(15-17)10-16(2)14(19)11-5-4-6-13(9-11)18(20)21/h4-9H,3,10H2,1-2H3. The molecule has 1 amide bonds. The summed E-state index contributed by atoms with van der Waals surface area (Å²) in [6, 6.07) is 7.56. The SMILES string of the molecule is CCn1ccc(CN(C)C(=O)c2cccc([N+](=O)[O-])c2)n1. The van der Waals surface area contributed by atoms with Gasteiger partial charge in [-0.05, 0) is 19.1 Å². The normalized spacial score (nSPS) is 10.4. The highest BCUT2D eigenvalue weighted by Gasteiger charge is 2.16. The molecule has 0 bridgehead atoms. The van der Waals surface area contributed by atoms with Crippen LogP contribution in [0.15, 0.2) is 36.5 Å². The number of aryl methyl sites for hydroxylation is 1. The average molecular weight is 288 g/mol. The van der Waals surface area contributed by atoms with E-state index in [1.54, 1.807) is 17.8 Å². The van der Waals surface area contributed by atoms with Gasteiger partial charge in [0, 0.05) is 37.5 Å². The lowest BCUT2D eigenvalue weighted by atomic mass is 10.2. The van der Waals surface area contributed by atoms with Gasteiger partial charge in [0.15, 0.2) is 0 Å². The Morgan fingerprint density at radius 2 is 2.19 bits per heavy atom. The van der Waals surface area contributed by atoms with Crippen molar-refractivity contribution in [3.63, 3.8) is 0 Å². The Kier molecular flexibility index (Phi) is 4.32. The summed E-state index contributed by atoms with van der Waals surface area (Å²) in [4.78, 5) is 24.0. The van der Waals surface area contributed by atoms with E-state index in [2.05, 4.69) is 5.10 Å². The van der Waals surface area contributed by atoms with Crippen molar-refractivity contribution in [3.05, 3.63) is 57.9 Å². The maximum atomic E-state index is 12.3. The molecule has 0 spiro atoms. The summed E-state index contributed by atoms with van der Waals surface area (Å²) < 4.78 is 1.78. The maximum Gasteiger partial charge on any atom is 0.270 e. The predicted molar refractivity (Wildman–Crippen MR) is 76.8 cm³/mol. The van der Waals surface area contributed by atoms with Gasteiger partial charge in [-0.1, -0.05) is 6.07 Å². The van der Waals surface area contributed by atoms with E-state index in [-0.39, 0.29) is 11.6 Å². The fourth-order valence-electron chi connectivity index (χ4n) is 1.95. The smallest absolute Gasteiger partial charge is 0.270 e. The molecule has 110 valence electrons. The van der Waals surface area contributed by atoms with Crippen LogP contribution in [0.1, 0.15) is 23.0 Å². The third-order valence-electron chi connectivity index (χ3n) is 3.07. The van der Waals surface area contributed by atoms with E-state index in [4.69, 9.17) is 0 Å². The first-order chi connectivity index (χ1) is 10.0. The van der Waals surface area contributed by atoms with Crippen LogP contribution in [0.4, 0.5) is 5.69 Å². The van der Waals surface area contributed by atoms with Crippen LogP contribution in [0.25, 0.3) is 0 Å². The molecule has 2 aromatic rings. The highest BCUT2D eigenvalue weighted by atomic mass is 16.6. The Morgan fingerprint density at radius 3 is 2.81 bits per heavy atom. The molecule has 0 saturated heterocycles. The first kappa shape index (κ1) is 14.7. The summed E-state index contributed by atoms with van der Waals surface area (Å²) in [7, 11) is 1.64. The molecule has 0 fully saturated rings. The number of nitro benzene ring substituents is 1. The average Bonchev–Trinajstić information content (AvgIpc) is 2.94. The Balaban J connectivity index is 2.11. The van der Waals surface area contributed by atoms with Crippen molar-refractivity contribution < 1.29 is 9.72 Å². The molecule has 0 radical (unpaired) electrons. The van der Waals surface area contributed by atoms with Gasteiger partial charge < -0.3 is 4.90 Å². The summed E-state index contributed by atoms with van der Waals surface area (Å²) in [6.45, 7) is 3.10. The van der Waals surface area contributed by atoms with Crippen LogP contribution in [0, 0.1) is 10.1 Å². The minimum atomic E-state index is -0.514. The quantitative estimate of drug-likeness (QED) is 0.623. The summed E-state index contributed by atoms with van der Waals surface area (Å²) in [5.41, 5.74) is 0.976. The number of carbonyl (C=O) groups is 1. The molecule has 0 unspecified atom stereocenters. The van der Waals surface area contributed by atoms with Crippen LogP contribution in [0.5, 0.6) is 0 Å². The summed E-state index contributed by atoms with van der Waals surface area (Å²) in [6.07, 6.45) is 1.85. The van der Waals surface area contributed by atoms with Crippen molar-refractivity contribution in [2.75, 3.05) is 7.05 Å². The first-order valence-corrected chi connectivity index (χ1v) is 6.53. The van der Waals surface area contributed by atoms with Crippen LogP contribution < -0.4 is 0 Å². The number of hydrogen-bond donors (Lipinski definition) is 0. The Bertz CT molecular complexity index is 666. The van der Waals surface area contributed by atoms with Crippen molar-refractivity contribution in [3.8, 4) is 0 Å². The molecule has 0 aliphatic carbocycles. The number of nitro groups is 1. The van der Waals surface area contributed by atoms with E-state index >= 15 is 0 Å². The number of nitrogens with zero attached hydrogens (tertiary/aromatic N) is 4. The van der Waals surface area contributed by atoms with Gasteiger partial charge in [-0.25, -0.2) is 0 Å². The molecule has 0 N–H and O–H groups in total. The molecule has 7 heteroatoms. The minimum absolute atomic E-state index is 0.0930. The molecule has 0 aliphatic rings. The van der Waals surface area contributed by atoms with Gasteiger partial charge in [-0.3, -0.25) is 19.6 Å².